The Balaban J connectivity index is 3.56. The van der Waals surface area contributed by atoms with Gasteiger partial charge in [-0.25, -0.2) is 0 Å². The van der Waals surface area contributed by atoms with Crippen molar-refractivity contribution in [3.63, 3.8) is 0 Å². The van der Waals surface area contributed by atoms with Crippen molar-refractivity contribution < 1.29 is 14.6 Å². The van der Waals surface area contributed by atoms with Gasteiger partial charge in [0.05, 0.1) is 15.4 Å². The van der Waals surface area contributed by atoms with Crippen LogP contribution in [0.15, 0.2) is 12.1 Å². The zero-order valence-corrected chi connectivity index (χ0v) is 10.3. The summed E-state index contributed by atoms with van der Waals surface area (Å²) in [5.41, 5.74) is 3.88. The van der Waals surface area contributed by atoms with E-state index in [2.05, 4.69) is 0 Å². The van der Waals surface area contributed by atoms with Crippen molar-refractivity contribution in [2.45, 2.75) is 26.2 Å². The molecule has 0 atom stereocenters. The molecule has 8 heteroatoms. The van der Waals surface area contributed by atoms with Crippen molar-refractivity contribution in [2.75, 3.05) is 0 Å². The van der Waals surface area contributed by atoms with Crippen LogP contribution in [0.3, 0.4) is 0 Å². The predicted octanol–water partition coefficient (Wildman–Crippen LogP) is 1.94. The lowest BCUT2D eigenvalue weighted by molar-refractivity contribution is -0.423. The van der Waals surface area contributed by atoms with Gasteiger partial charge in [0.25, 0.3) is 0 Å². The first kappa shape index (κ1) is 14.6. The lowest BCUT2D eigenvalue weighted by atomic mass is 9.98. The van der Waals surface area contributed by atoms with Crippen molar-refractivity contribution in [2.24, 2.45) is 5.73 Å². The summed E-state index contributed by atoms with van der Waals surface area (Å²) < 4.78 is 0. The Kier molecular flexibility index (Phi) is 4.51. The lowest BCUT2D eigenvalue weighted by Crippen LogP contribution is -2.15. The van der Waals surface area contributed by atoms with Gasteiger partial charge >= 0.3 is 11.4 Å². The molecule has 8 nitrogen and oxygen atoms in total. The molecule has 0 bridgehead atoms. The Bertz CT molecular complexity index is 541. The molecule has 0 radical (unpaired) electrons. The molecule has 1 aromatic rings. The number of primary amides is 1. The number of carbonyl (C=O) groups is 1. The molecule has 0 heterocycles. The summed E-state index contributed by atoms with van der Waals surface area (Å²) in [6.07, 6.45) is 1.51. The Hall–Kier alpha value is -2.51. The molecule has 1 rings (SSSR count). The minimum Gasteiger partial charge on any atom is -0.366 e. The van der Waals surface area contributed by atoms with Crippen LogP contribution in [0.1, 0.15) is 35.7 Å². The van der Waals surface area contributed by atoms with Crippen molar-refractivity contribution in [1.29, 1.82) is 0 Å². The highest BCUT2D eigenvalue weighted by molar-refractivity contribution is 5.96. The minimum absolute atomic E-state index is 0.0357. The molecule has 0 aliphatic rings. The van der Waals surface area contributed by atoms with Gasteiger partial charge in [-0.3, -0.25) is 25.0 Å². The number of rotatable bonds is 6. The van der Waals surface area contributed by atoms with Gasteiger partial charge in [-0.2, -0.15) is 0 Å². The second kappa shape index (κ2) is 5.89. The predicted molar refractivity (Wildman–Crippen MR) is 66.9 cm³/mol. The molecule has 0 unspecified atom stereocenters. The van der Waals surface area contributed by atoms with Gasteiger partial charge in [-0.15, -0.1) is 0 Å². The highest BCUT2D eigenvalue weighted by Crippen LogP contribution is 2.34. The quantitative estimate of drug-likeness (QED) is 0.621. The fraction of sp³-hybridized carbons (Fsp3) is 0.364. The van der Waals surface area contributed by atoms with E-state index in [0.717, 1.165) is 12.5 Å². The van der Waals surface area contributed by atoms with Gasteiger partial charge in [0.1, 0.15) is 0 Å². The van der Waals surface area contributed by atoms with Crippen molar-refractivity contribution >= 4 is 17.3 Å². The summed E-state index contributed by atoms with van der Waals surface area (Å²) >= 11 is 0. The average Bonchev–Trinajstić information content (AvgIpc) is 2.34. The molecule has 2 N–H and O–H groups in total. The Morgan fingerprint density at radius 1 is 1.26 bits per heavy atom. The highest BCUT2D eigenvalue weighted by atomic mass is 16.6. The van der Waals surface area contributed by atoms with Crippen LogP contribution >= 0.6 is 0 Å². The summed E-state index contributed by atoms with van der Waals surface area (Å²) in [6, 6.07) is 2.10. The van der Waals surface area contributed by atoms with Crippen molar-refractivity contribution in [3.8, 4) is 0 Å². The molecule has 0 aliphatic carbocycles. The molecule has 1 aromatic carbocycles. The topological polar surface area (TPSA) is 129 Å². The molecular formula is C11H13N3O5. The van der Waals surface area contributed by atoms with Crippen LogP contribution in [0.25, 0.3) is 0 Å². The van der Waals surface area contributed by atoms with E-state index in [1.807, 2.05) is 6.92 Å². The van der Waals surface area contributed by atoms with E-state index in [4.69, 9.17) is 5.73 Å². The standard InChI is InChI=1S/C11H13N3O5/c1-2-3-4-7-8(11(12)15)5-6-9(13(16)17)10(7)14(18)19/h5-6H,2-4H2,1H3,(H2,12,15). The Labute approximate surface area is 108 Å². The van der Waals surface area contributed by atoms with Crippen LogP contribution < -0.4 is 5.73 Å². The number of nitro benzene ring substituents is 2. The highest BCUT2D eigenvalue weighted by Gasteiger charge is 2.31. The van der Waals surface area contributed by atoms with Crippen LogP contribution in [0.2, 0.25) is 0 Å². The van der Waals surface area contributed by atoms with Gasteiger partial charge in [0.15, 0.2) is 0 Å². The second-order valence-electron chi connectivity index (χ2n) is 3.94. The molecule has 0 aromatic heterocycles. The summed E-state index contributed by atoms with van der Waals surface area (Å²) in [7, 11) is 0. The van der Waals surface area contributed by atoms with Gasteiger partial charge in [0.2, 0.25) is 5.91 Å². The smallest absolute Gasteiger partial charge is 0.349 e. The molecule has 0 saturated carbocycles. The number of hydrogen-bond donors (Lipinski definition) is 1. The van der Waals surface area contributed by atoms with Crippen LogP contribution in [0.4, 0.5) is 11.4 Å². The molecule has 102 valence electrons. The monoisotopic (exact) mass is 267 g/mol. The van der Waals surface area contributed by atoms with Gasteiger partial charge < -0.3 is 5.73 Å². The zero-order chi connectivity index (χ0) is 14.6. The van der Waals surface area contributed by atoms with Crippen LogP contribution in [-0.4, -0.2) is 15.8 Å². The fourth-order valence-corrected chi connectivity index (χ4v) is 1.81. The van der Waals surface area contributed by atoms with E-state index in [1.165, 1.54) is 6.07 Å². The van der Waals surface area contributed by atoms with Crippen molar-refractivity contribution in [3.05, 3.63) is 43.5 Å². The Morgan fingerprint density at radius 2 is 1.89 bits per heavy atom. The van der Waals surface area contributed by atoms with Crippen LogP contribution in [0, 0.1) is 20.2 Å². The number of nitrogens with two attached hydrogens (primary N) is 1. The first-order chi connectivity index (χ1) is 8.90. The molecule has 0 aliphatic heterocycles. The maximum Gasteiger partial charge on any atom is 0.349 e. The van der Waals surface area contributed by atoms with Crippen LogP contribution in [0.5, 0.6) is 0 Å². The third kappa shape index (κ3) is 3.03. The number of carbonyl (C=O) groups excluding carboxylic acids is 1. The average molecular weight is 267 g/mol. The Morgan fingerprint density at radius 3 is 2.32 bits per heavy atom. The largest absolute Gasteiger partial charge is 0.366 e. The first-order valence-electron chi connectivity index (χ1n) is 5.64. The first-order valence-corrected chi connectivity index (χ1v) is 5.64. The molecule has 0 spiro atoms. The summed E-state index contributed by atoms with van der Waals surface area (Å²) in [5, 5.41) is 21.9. The number of benzene rings is 1. The maximum atomic E-state index is 11.3. The summed E-state index contributed by atoms with van der Waals surface area (Å²) in [5.74, 6) is -0.830. The van der Waals surface area contributed by atoms with Gasteiger partial charge in [-0.05, 0) is 18.9 Å². The summed E-state index contributed by atoms with van der Waals surface area (Å²) in [4.78, 5) is 31.5. The fourth-order valence-electron chi connectivity index (χ4n) is 1.81. The SMILES string of the molecule is CCCCc1c(C(N)=O)ccc([N+](=O)[O-])c1[N+](=O)[O-]. The summed E-state index contributed by atoms with van der Waals surface area (Å²) in [6.45, 7) is 1.87. The number of unbranched alkanes of at least 4 members (excludes halogenated alkanes) is 1. The number of amides is 1. The van der Waals surface area contributed by atoms with Crippen molar-refractivity contribution in [1.82, 2.24) is 0 Å². The third-order valence-corrected chi connectivity index (χ3v) is 2.69. The number of nitrogens with zero attached hydrogens (tertiary/aromatic N) is 2. The van der Waals surface area contributed by atoms with Gasteiger partial charge in [-0.1, -0.05) is 13.3 Å². The van der Waals surface area contributed by atoms with Crippen LogP contribution in [-0.2, 0) is 6.42 Å². The normalized spacial score (nSPS) is 10.2. The minimum atomic E-state index is -0.838. The van der Waals surface area contributed by atoms with E-state index in [1.54, 1.807) is 0 Å². The van der Waals surface area contributed by atoms with E-state index in [-0.39, 0.29) is 17.5 Å². The number of nitro groups is 2. The molecule has 1 amide bonds. The lowest BCUT2D eigenvalue weighted by Gasteiger charge is -2.07. The third-order valence-electron chi connectivity index (χ3n) is 2.69. The van der Waals surface area contributed by atoms with E-state index >= 15 is 0 Å². The van der Waals surface area contributed by atoms with E-state index in [9.17, 15) is 25.0 Å². The zero-order valence-electron chi connectivity index (χ0n) is 10.3. The van der Waals surface area contributed by atoms with Gasteiger partial charge in [0, 0.05) is 11.6 Å². The molecular weight excluding hydrogens is 254 g/mol. The molecule has 0 saturated heterocycles. The molecule has 19 heavy (non-hydrogen) atoms. The molecule has 0 fully saturated rings. The second-order valence-corrected chi connectivity index (χ2v) is 3.94. The van der Waals surface area contributed by atoms with E-state index in [0.29, 0.717) is 6.42 Å². The van der Waals surface area contributed by atoms with E-state index < -0.39 is 27.1 Å². The number of hydrogen-bond acceptors (Lipinski definition) is 5. The maximum absolute atomic E-state index is 11.3.